The van der Waals surface area contributed by atoms with E-state index >= 15 is 0 Å². The summed E-state index contributed by atoms with van der Waals surface area (Å²) >= 11 is 0. The molecular formula is C66H118O18. The number of ether oxygens (including phenoxy) is 10. The van der Waals surface area contributed by atoms with Crippen molar-refractivity contribution in [2.24, 2.45) is 0 Å². The zero-order chi connectivity index (χ0) is 61.9. The number of carbonyl (C=O) groups is 8. The highest BCUT2D eigenvalue weighted by Crippen LogP contribution is 2.15. The minimum atomic E-state index is -0.974. The standard InChI is InChI=1S/C66H118O18/c1-7-13-19-25-31-39-59(67)77-51-55(81-63(71)43-33-27-21-15-9-3)47-75-49-57(83-65(73)45-35-29-23-17-11-5)53-79-61(69)41-37-38-42-62(70)80-54-58(84-66(74)46-36-30-24-18-12-6)50-76-48-56(82-64(72)44-34-28-22-16-10-4)52-78-60(68)40-32-26-20-14-8-2/h55-58H,7-54H2,1-6H3. The first-order chi connectivity index (χ1) is 40.8. The van der Waals surface area contributed by atoms with Gasteiger partial charge in [-0.3, -0.25) is 38.4 Å². The van der Waals surface area contributed by atoms with Gasteiger partial charge in [-0.25, -0.2) is 0 Å². The lowest BCUT2D eigenvalue weighted by molar-refractivity contribution is -0.169. The third kappa shape index (κ3) is 53.2. The number of rotatable bonds is 61. The molecule has 0 aliphatic carbocycles. The third-order valence-electron chi connectivity index (χ3n) is 14.0. The Morgan fingerprint density at radius 1 is 0.202 bits per heavy atom. The second kappa shape index (κ2) is 59.0. The molecule has 0 aromatic heterocycles. The molecule has 84 heavy (non-hydrogen) atoms. The van der Waals surface area contributed by atoms with E-state index in [1.54, 1.807) is 0 Å². The Balaban J connectivity index is 5.65. The molecule has 0 aromatic rings. The van der Waals surface area contributed by atoms with E-state index < -0.39 is 60.2 Å². The second-order valence-electron chi connectivity index (χ2n) is 22.4. The first-order valence-electron chi connectivity index (χ1n) is 33.4. The highest BCUT2D eigenvalue weighted by Gasteiger charge is 2.24. The summed E-state index contributed by atoms with van der Waals surface area (Å²) in [6.45, 7) is 11.1. The van der Waals surface area contributed by atoms with Crippen molar-refractivity contribution in [2.75, 3.05) is 52.9 Å². The molecule has 0 aliphatic heterocycles. The Morgan fingerprint density at radius 2 is 0.357 bits per heavy atom. The number of unbranched alkanes of at least 4 members (excludes halogenated alkanes) is 25. The summed E-state index contributed by atoms with van der Waals surface area (Å²) in [6, 6.07) is 0. The monoisotopic (exact) mass is 1200 g/mol. The molecule has 0 fully saturated rings. The lowest BCUT2D eigenvalue weighted by Crippen LogP contribution is -2.34. The van der Waals surface area contributed by atoms with Crippen LogP contribution in [0, 0.1) is 0 Å². The molecule has 0 N–H and O–H groups in total. The molecule has 18 heteroatoms. The summed E-state index contributed by atoms with van der Waals surface area (Å²) in [4.78, 5) is 103. The number of esters is 8. The maximum absolute atomic E-state index is 13.0. The van der Waals surface area contributed by atoms with Crippen molar-refractivity contribution in [2.45, 2.75) is 323 Å². The lowest BCUT2D eigenvalue weighted by atomic mass is 10.1. The van der Waals surface area contributed by atoms with Crippen LogP contribution >= 0.6 is 0 Å². The van der Waals surface area contributed by atoms with Gasteiger partial charge >= 0.3 is 47.8 Å². The predicted octanol–water partition coefficient (Wildman–Crippen LogP) is 14.6. The van der Waals surface area contributed by atoms with Crippen molar-refractivity contribution >= 4 is 47.8 Å². The van der Waals surface area contributed by atoms with Gasteiger partial charge in [0, 0.05) is 51.4 Å². The normalized spacial score (nSPS) is 12.6. The quantitative estimate of drug-likeness (QED) is 0.0313. The van der Waals surface area contributed by atoms with Gasteiger partial charge < -0.3 is 47.4 Å². The Bertz CT molecular complexity index is 1540. The van der Waals surface area contributed by atoms with Crippen LogP contribution in [0.4, 0.5) is 0 Å². The van der Waals surface area contributed by atoms with Crippen LogP contribution in [0.3, 0.4) is 0 Å². The Hall–Kier alpha value is -4.32. The van der Waals surface area contributed by atoms with Crippen molar-refractivity contribution in [1.29, 1.82) is 0 Å². The molecule has 0 saturated carbocycles. The number of hydrogen-bond acceptors (Lipinski definition) is 18. The largest absolute Gasteiger partial charge is 0.462 e. The molecule has 0 amide bonds. The van der Waals surface area contributed by atoms with E-state index in [4.69, 9.17) is 47.4 Å². The van der Waals surface area contributed by atoms with Crippen LogP contribution in [0.5, 0.6) is 0 Å². The topological polar surface area (TPSA) is 229 Å². The van der Waals surface area contributed by atoms with Crippen molar-refractivity contribution in [1.82, 2.24) is 0 Å². The van der Waals surface area contributed by atoms with E-state index in [1.165, 1.54) is 0 Å². The van der Waals surface area contributed by atoms with Gasteiger partial charge in [0.25, 0.3) is 0 Å². The van der Waals surface area contributed by atoms with Gasteiger partial charge in [0.05, 0.1) is 26.4 Å². The van der Waals surface area contributed by atoms with Crippen LogP contribution in [-0.4, -0.2) is 125 Å². The van der Waals surface area contributed by atoms with Crippen molar-refractivity contribution < 1.29 is 85.7 Å². The van der Waals surface area contributed by atoms with Crippen molar-refractivity contribution in [3.63, 3.8) is 0 Å². The van der Waals surface area contributed by atoms with Crippen molar-refractivity contribution in [3.05, 3.63) is 0 Å². The number of carbonyl (C=O) groups excluding carboxylic acids is 8. The molecular weight excluding hydrogens is 1080 g/mol. The van der Waals surface area contributed by atoms with Gasteiger partial charge in [-0.2, -0.15) is 0 Å². The Morgan fingerprint density at radius 3 is 0.536 bits per heavy atom. The minimum Gasteiger partial charge on any atom is -0.462 e. The molecule has 4 atom stereocenters. The first kappa shape index (κ1) is 79.7. The van der Waals surface area contributed by atoms with E-state index in [0.29, 0.717) is 38.5 Å². The van der Waals surface area contributed by atoms with Gasteiger partial charge in [0.15, 0.2) is 24.4 Å². The van der Waals surface area contributed by atoms with Crippen LogP contribution in [0.25, 0.3) is 0 Å². The summed E-state index contributed by atoms with van der Waals surface area (Å²) in [5.41, 5.74) is 0. The average Bonchev–Trinajstić information content (AvgIpc) is 3.52. The third-order valence-corrected chi connectivity index (χ3v) is 14.0. The van der Waals surface area contributed by atoms with E-state index in [2.05, 4.69) is 41.5 Å². The molecule has 0 aromatic carbocycles. The van der Waals surface area contributed by atoms with Gasteiger partial charge in [0.1, 0.15) is 26.4 Å². The van der Waals surface area contributed by atoms with Crippen molar-refractivity contribution in [3.8, 4) is 0 Å². The second-order valence-corrected chi connectivity index (χ2v) is 22.4. The maximum Gasteiger partial charge on any atom is 0.306 e. The van der Waals surface area contributed by atoms with E-state index in [1.807, 2.05) is 0 Å². The van der Waals surface area contributed by atoms with Crippen LogP contribution in [0.2, 0.25) is 0 Å². The zero-order valence-corrected chi connectivity index (χ0v) is 53.6. The summed E-state index contributed by atoms with van der Waals surface area (Å²) in [7, 11) is 0. The fraction of sp³-hybridized carbons (Fsp3) is 0.879. The molecule has 0 bridgehead atoms. The van der Waals surface area contributed by atoms with Gasteiger partial charge in [-0.15, -0.1) is 0 Å². The molecule has 0 aliphatic rings. The molecule has 0 saturated heterocycles. The minimum absolute atomic E-state index is 0.0438. The summed E-state index contributed by atoms with van der Waals surface area (Å²) in [5.74, 6) is -3.70. The number of hydrogen-bond donors (Lipinski definition) is 0. The first-order valence-corrected chi connectivity index (χ1v) is 33.4. The van der Waals surface area contributed by atoms with Gasteiger partial charge in [-0.05, 0) is 51.4 Å². The maximum atomic E-state index is 13.0. The van der Waals surface area contributed by atoms with Gasteiger partial charge in [0.2, 0.25) is 0 Å². The van der Waals surface area contributed by atoms with E-state index in [-0.39, 0.29) is 129 Å². The molecule has 0 radical (unpaired) electrons. The van der Waals surface area contributed by atoms with E-state index in [9.17, 15) is 38.4 Å². The Kier molecular flexibility index (Phi) is 56.0. The van der Waals surface area contributed by atoms with E-state index in [0.717, 1.165) is 154 Å². The van der Waals surface area contributed by atoms with Gasteiger partial charge in [-0.1, -0.05) is 196 Å². The highest BCUT2D eigenvalue weighted by molar-refractivity contribution is 5.72. The molecule has 490 valence electrons. The average molecular weight is 1200 g/mol. The zero-order valence-electron chi connectivity index (χ0n) is 53.6. The highest BCUT2D eigenvalue weighted by atomic mass is 16.6. The fourth-order valence-electron chi connectivity index (χ4n) is 8.91. The molecule has 4 unspecified atom stereocenters. The molecule has 0 heterocycles. The molecule has 0 spiro atoms. The molecule has 18 nitrogen and oxygen atoms in total. The fourth-order valence-corrected chi connectivity index (χ4v) is 8.91. The smallest absolute Gasteiger partial charge is 0.306 e. The summed E-state index contributed by atoms with van der Waals surface area (Å²) < 4.78 is 56.8. The van der Waals surface area contributed by atoms with Crippen LogP contribution < -0.4 is 0 Å². The van der Waals surface area contributed by atoms with Crippen LogP contribution in [0.15, 0.2) is 0 Å². The van der Waals surface area contributed by atoms with Crippen LogP contribution in [-0.2, 0) is 85.7 Å². The SMILES string of the molecule is CCCCCCCC(=O)OCC(COCC(COC(=O)CCCCC(=O)OCC(COCC(COC(=O)CCCCCCC)OC(=O)CCCCCCC)OC(=O)CCCCCCC)OC(=O)CCCCCCC)OC(=O)CCCCCCC. The molecule has 0 rings (SSSR count). The Labute approximate surface area is 507 Å². The predicted molar refractivity (Wildman–Crippen MR) is 324 cm³/mol. The van der Waals surface area contributed by atoms with Crippen LogP contribution in [0.1, 0.15) is 298 Å². The summed E-state index contributed by atoms with van der Waals surface area (Å²) in [6.07, 6.45) is 26.6. The lowest BCUT2D eigenvalue weighted by Gasteiger charge is -2.21. The summed E-state index contributed by atoms with van der Waals surface area (Å²) in [5, 5.41) is 0.